The number of rotatable bonds is 6. The number of para-hydroxylation sites is 1. The summed E-state index contributed by atoms with van der Waals surface area (Å²) in [7, 11) is 0. The van der Waals surface area contributed by atoms with Crippen molar-refractivity contribution in [3.05, 3.63) is 29.0 Å². The molecule has 1 aromatic rings. The lowest BCUT2D eigenvalue weighted by molar-refractivity contribution is 0.0783. The molecule has 0 aliphatic rings. The first-order valence-corrected chi connectivity index (χ1v) is 5.42. The second kappa shape index (κ2) is 6.42. The minimum Gasteiger partial charge on any atom is -0.487 e. The van der Waals surface area contributed by atoms with Crippen LogP contribution < -0.4 is 10.5 Å². The lowest BCUT2D eigenvalue weighted by Gasteiger charge is -2.12. The van der Waals surface area contributed by atoms with Crippen LogP contribution in [0.15, 0.2) is 18.2 Å². The third kappa shape index (κ3) is 4.20. The lowest BCUT2D eigenvalue weighted by atomic mass is 10.3. The summed E-state index contributed by atoms with van der Waals surface area (Å²) in [6.45, 7) is 1.99. The first kappa shape index (κ1) is 13.7. The van der Waals surface area contributed by atoms with E-state index in [1.807, 2.05) is 0 Å². The number of nitrogens with two attached hydrogens (primary N) is 1. The van der Waals surface area contributed by atoms with Gasteiger partial charge in [-0.1, -0.05) is 17.7 Å². The van der Waals surface area contributed by atoms with Crippen LogP contribution in [-0.2, 0) is 4.74 Å². The van der Waals surface area contributed by atoms with Crippen molar-refractivity contribution in [3.8, 4) is 5.75 Å². The molecule has 1 unspecified atom stereocenters. The van der Waals surface area contributed by atoms with E-state index in [0.717, 1.165) is 0 Å². The van der Waals surface area contributed by atoms with Crippen molar-refractivity contribution in [3.63, 3.8) is 0 Å². The number of nitrogens with one attached hydrogen (secondary N) is 1. The third-order valence-corrected chi connectivity index (χ3v) is 2.35. The van der Waals surface area contributed by atoms with Crippen molar-refractivity contribution in [1.29, 1.82) is 5.41 Å². The molecule has 3 N–H and O–H groups in total. The predicted molar refractivity (Wildman–Crippen MR) is 64.2 cm³/mol. The number of hydrogen-bond acceptors (Lipinski definition) is 3. The quantitative estimate of drug-likeness (QED) is 0.468. The van der Waals surface area contributed by atoms with Crippen LogP contribution in [0.4, 0.5) is 4.39 Å². The molecular weight excluding hydrogens is 247 g/mol. The molecule has 0 saturated carbocycles. The molecule has 0 radical (unpaired) electrons. The van der Waals surface area contributed by atoms with Crippen molar-refractivity contribution in [2.45, 2.75) is 13.0 Å². The van der Waals surface area contributed by atoms with Gasteiger partial charge in [-0.3, -0.25) is 5.41 Å². The Hall–Kier alpha value is -1.33. The van der Waals surface area contributed by atoms with E-state index in [0.29, 0.717) is 0 Å². The van der Waals surface area contributed by atoms with Crippen molar-refractivity contribution in [2.75, 3.05) is 13.2 Å². The van der Waals surface area contributed by atoms with E-state index < -0.39 is 11.9 Å². The van der Waals surface area contributed by atoms with Crippen molar-refractivity contribution < 1.29 is 13.9 Å². The summed E-state index contributed by atoms with van der Waals surface area (Å²) in [4.78, 5) is 0. The molecule has 0 bridgehead atoms. The lowest BCUT2D eigenvalue weighted by Crippen LogP contribution is -2.29. The zero-order valence-electron chi connectivity index (χ0n) is 9.37. The Morgan fingerprint density at radius 2 is 2.24 bits per heavy atom. The molecule has 0 fully saturated rings. The molecule has 0 aromatic heterocycles. The van der Waals surface area contributed by atoms with E-state index in [1.165, 1.54) is 12.1 Å². The summed E-state index contributed by atoms with van der Waals surface area (Å²) >= 11 is 5.76. The highest BCUT2D eigenvalue weighted by molar-refractivity contribution is 6.32. The Bertz CT molecular complexity index is 381. The third-order valence-electron chi connectivity index (χ3n) is 2.05. The molecular formula is C11H14ClFN2O2. The van der Waals surface area contributed by atoms with Gasteiger partial charge in [-0.05, 0) is 19.1 Å². The van der Waals surface area contributed by atoms with Crippen LogP contribution in [0.3, 0.4) is 0 Å². The Labute approximate surface area is 104 Å². The summed E-state index contributed by atoms with van der Waals surface area (Å²) in [6, 6.07) is 4.30. The summed E-state index contributed by atoms with van der Waals surface area (Å²) in [6.07, 6.45) is -0.477. The van der Waals surface area contributed by atoms with Crippen LogP contribution in [0.1, 0.15) is 6.92 Å². The van der Waals surface area contributed by atoms with E-state index in [2.05, 4.69) is 0 Å². The Balaban J connectivity index is 2.39. The van der Waals surface area contributed by atoms with Crippen molar-refractivity contribution in [1.82, 2.24) is 0 Å². The van der Waals surface area contributed by atoms with Gasteiger partial charge in [0.05, 0.1) is 11.6 Å². The van der Waals surface area contributed by atoms with Gasteiger partial charge in [-0.2, -0.15) is 0 Å². The molecule has 0 amide bonds. The van der Waals surface area contributed by atoms with Gasteiger partial charge in [0.25, 0.3) is 0 Å². The second-order valence-electron chi connectivity index (χ2n) is 3.37. The van der Waals surface area contributed by atoms with Crippen LogP contribution in [0.5, 0.6) is 5.75 Å². The maximum Gasteiger partial charge on any atom is 0.173 e. The van der Waals surface area contributed by atoms with Crippen LogP contribution in [-0.4, -0.2) is 25.2 Å². The number of hydrogen-bond donors (Lipinski definition) is 2. The Morgan fingerprint density at radius 1 is 1.53 bits per heavy atom. The Morgan fingerprint density at radius 3 is 2.82 bits per heavy atom. The molecule has 1 aromatic carbocycles. The molecule has 0 spiro atoms. The van der Waals surface area contributed by atoms with E-state index in [4.69, 9.17) is 32.2 Å². The van der Waals surface area contributed by atoms with Crippen LogP contribution in [0, 0.1) is 11.2 Å². The molecule has 0 aliphatic heterocycles. The highest BCUT2D eigenvalue weighted by atomic mass is 35.5. The van der Waals surface area contributed by atoms with Gasteiger partial charge in [0, 0.05) is 0 Å². The average molecular weight is 261 g/mol. The number of ether oxygens (including phenoxy) is 2. The van der Waals surface area contributed by atoms with Crippen molar-refractivity contribution >= 4 is 17.4 Å². The second-order valence-corrected chi connectivity index (χ2v) is 3.77. The fraction of sp³-hybridized carbons (Fsp3) is 0.364. The van der Waals surface area contributed by atoms with Gasteiger partial charge in [-0.15, -0.1) is 0 Å². The van der Waals surface area contributed by atoms with E-state index in [9.17, 15) is 4.39 Å². The molecule has 17 heavy (non-hydrogen) atoms. The van der Waals surface area contributed by atoms with Gasteiger partial charge in [0.15, 0.2) is 11.6 Å². The largest absolute Gasteiger partial charge is 0.487 e. The van der Waals surface area contributed by atoms with Gasteiger partial charge in [0.2, 0.25) is 0 Å². The molecule has 4 nitrogen and oxygen atoms in total. The summed E-state index contributed by atoms with van der Waals surface area (Å²) in [5, 5.41) is 7.31. The zero-order chi connectivity index (χ0) is 12.8. The van der Waals surface area contributed by atoms with Crippen LogP contribution in [0.25, 0.3) is 0 Å². The van der Waals surface area contributed by atoms with E-state index in [-0.39, 0.29) is 29.8 Å². The van der Waals surface area contributed by atoms with E-state index >= 15 is 0 Å². The highest BCUT2D eigenvalue weighted by Crippen LogP contribution is 2.26. The topological polar surface area (TPSA) is 68.3 Å². The molecule has 0 saturated heterocycles. The fourth-order valence-corrected chi connectivity index (χ4v) is 1.30. The Kier molecular flexibility index (Phi) is 5.18. The molecule has 1 rings (SSSR count). The monoisotopic (exact) mass is 260 g/mol. The minimum atomic E-state index is -0.517. The molecule has 6 heteroatoms. The molecule has 94 valence electrons. The fourth-order valence-electron chi connectivity index (χ4n) is 1.08. The van der Waals surface area contributed by atoms with Gasteiger partial charge < -0.3 is 15.2 Å². The predicted octanol–water partition coefficient (Wildman–Crippen LogP) is 2.20. The zero-order valence-corrected chi connectivity index (χ0v) is 10.1. The summed E-state index contributed by atoms with van der Waals surface area (Å²) < 4.78 is 23.6. The summed E-state index contributed by atoms with van der Waals surface area (Å²) in [5.74, 6) is -0.570. The summed E-state index contributed by atoms with van der Waals surface area (Å²) in [5.41, 5.74) is 5.21. The van der Waals surface area contributed by atoms with E-state index in [1.54, 1.807) is 13.0 Å². The van der Waals surface area contributed by atoms with Gasteiger partial charge in [0.1, 0.15) is 18.5 Å². The van der Waals surface area contributed by atoms with Gasteiger partial charge >= 0.3 is 0 Å². The SMILES string of the molecule is CC(OCCOc1c(F)cccc1Cl)C(=N)N. The minimum absolute atomic E-state index is 0.00763. The standard InChI is InChI=1S/C11H14ClFN2O2/c1-7(11(14)15)16-5-6-17-10-8(12)3-2-4-9(10)13/h2-4,7H,5-6H2,1H3,(H3,14,15). The first-order chi connectivity index (χ1) is 8.02. The molecule has 1 atom stereocenters. The molecule has 0 aliphatic carbocycles. The van der Waals surface area contributed by atoms with Crippen LogP contribution >= 0.6 is 11.6 Å². The van der Waals surface area contributed by atoms with Gasteiger partial charge in [-0.25, -0.2) is 4.39 Å². The number of halogens is 2. The average Bonchev–Trinajstić information content (AvgIpc) is 2.27. The maximum atomic E-state index is 13.3. The molecule has 0 heterocycles. The maximum absolute atomic E-state index is 13.3. The number of amidine groups is 1. The normalized spacial score (nSPS) is 12.2. The number of benzene rings is 1. The first-order valence-electron chi connectivity index (χ1n) is 5.04. The van der Waals surface area contributed by atoms with Crippen LogP contribution in [0.2, 0.25) is 5.02 Å². The van der Waals surface area contributed by atoms with Crippen molar-refractivity contribution in [2.24, 2.45) is 5.73 Å². The smallest absolute Gasteiger partial charge is 0.173 e. The highest BCUT2D eigenvalue weighted by Gasteiger charge is 2.09.